The highest BCUT2D eigenvalue weighted by Gasteiger charge is 2.28. The quantitative estimate of drug-likeness (QED) is 0.766. The Balaban J connectivity index is 1.67. The molecule has 2 fully saturated rings. The van der Waals surface area contributed by atoms with Crippen molar-refractivity contribution >= 4 is 0 Å². The summed E-state index contributed by atoms with van der Waals surface area (Å²) < 4.78 is 5.34. The minimum atomic E-state index is 0.235. The molecule has 0 amide bonds. The largest absolute Gasteiger partial charge is 0.380 e. The van der Waals surface area contributed by atoms with Crippen LogP contribution in [0.3, 0.4) is 0 Å². The lowest BCUT2D eigenvalue weighted by molar-refractivity contribution is 0.0905. The van der Waals surface area contributed by atoms with Gasteiger partial charge in [0.15, 0.2) is 0 Å². The van der Waals surface area contributed by atoms with Gasteiger partial charge in [-0.2, -0.15) is 0 Å². The average molecular weight is 255 g/mol. The van der Waals surface area contributed by atoms with Crippen LogP contribution in [-0.4, -0.2) is 68.3 Å². The summed E-state index contributed by atoms with van der Waals surface area (Å²) in [5.74, 6) is 0. The summed E-state index contributed by atoms with van der Waals surface area (Å²) in [5, 5.41) is 0. The Morgan fingerprint density at radius 2 is 2.00 bits per heavy atom. The normalized spacial score (nSPS) is 28.7. The zero-order chi connectivity index (χ0) is 12.8. The first-order valence-corrected chi connectivity index (χ1v) is 7.52. The van der Waals surface area contributed by atoms with Crippen molar-refractivity contribution in [2.45, 2.75) is 44.2 Å². The Labute approximate surface area is 111 Å². The Morgan fingerprint density at radius 3 is 2.67 bits per heavy atom. The second-order valence-corrected chi connectivity index (χ2v) is 5.72. The monoisotopic (exact) mass is 255 g/mol. The maximum Gasteiger partial charge on any atom is 0.0705 e. The number of methoxy groups -OCH3 is 1. The van der Waals surface area contributed by atoms with Gasteiger partial charge >= 0.3 is 0 Å². The Bertz CT molecular complexity index is 227. The molecular weight excluding hydrogens is 226 g/mol. The zero-order valence-corrected chi connectivity index (χ0v) is 11.8. The summed E-state index contributed by atoms with van der Waals surface area (Å²) in [6.07, 6.45) is 6.88. The first-order valence-electron chi connectivity index (χ1n) is 7.52. The highest BCUT2D eigenvalue weighted by Crippen LogP contribution is 2.20. The molecule has 2 rings (SSSR count). The third kappa shape index (κ3) is 3.92. The van der Waals surface area contributed by atoms with Crippen LogP contribution >= 0.6 is 0 Å². The van der Waals surface area contributed by atoms with Crippen molar-refractivity contribution in [3.63, 3.8) is 0 Å². The zero-order valence-electron chi connectivity index (χ0n) is 11.8. The number of hydrogen-bond donors (Lipinski definition) is 1. The summed E-state index contributed by atoms with van der Waals surface area (Å²) in [7, 11) is 1.76. The van der Waals surface area contributed by atoms with Gasteiger partial charge in [-0.1, -0.05) is 6.42 Å². The minimum Gasteiger partial charge on any atom is -0.380 e. The summed E-state index contributed by atoms with van der Waals surface area (Å²) >= 11 is 0. The van der Waals surface area contributed by atoms with Crippen molar-refractivity contribution in [2.24, 2.45) is 5.73 Å². The van der Waals surface area contributed by atoms with Crippen molar-refractivity contribution in [1.82, 2.24) is 9.80 Å². The standard InChI is InChI=1S/C14H29N3O/c1-18-14(11-15)6-10-16-9-5-13(12-16)17-7-3-2-4-8-17/h13-14H,2-12,15H2,1H3. The third-order valence-corrected chi connectivity index (χ3v) is 4.52. The first-order chi connectivity index (χ1) is 8.83. The van der Waals surface area contributed by atoms with Gasteiger partial charge in [0.1, 0.15) is 0 Å². The molecule has 18 heavy (non-hydrogen) atoms. The van der Waals surface area contributed by atoms with Gasteiger partial charge in [-0.15, -0.1) is 0 Å². The second kappa shape index (κ2) is 7.43. The number of nitrogens with zero attached hydrogens (tertiary/aromatic N) is 2. The molecular formula is C14H29N3O. The predicted molar refractivity (Wildman–Crippen MR) is 74.7 cm³/mol. The fourth-order valence-corrected chi connectivity index (χ4v) is 3.26. The van der Waals surface area contributed by atoms with E-state index in [-0.39, 0.29) is 6.10 Å². The highest BCUT2D eigenvalue weighted by molar-refractivity contribution is 4.85. The molecule has 0 aromatic carbocycles. The van der Waals surface area contributed by atoms with Crippen LogP contribution < -0.4 is 5.73 Å². The molecule has 4 nitrogen and oxygen atoms in total. The summed E-state index contributed by atoms with van der Waals surface area (Å²) in [5.41, 5.74) is 5.66. The van der Waals surface area contributed by atoms with Crippen LogP contribution in [0.25, 0.3) is 0 Å². The molecule has 2 N–H and O–H groups in total. The molecule has 2 atom stereocenters. The summed E-state index contributed by atoms with van der Waals surface area (Å²) in [6.45, 7) is 6.92. The maximum atomic E-state index is 5.66. The van der Waals surface area contributed by atoms with E-state index in [1.807, 2.05) is 0 Å². The molecule has 106 valence electrons. The van der Waals surface area contributed by atoms with Crippen molar-refractivity contribution in [2.75, 3.05) is 46.4 Å². The van der Waals surface area contributed by atoms with E-state index in [2.05, 4.69) is 9.80 Å². The molecule has 0 aromatic heterocycles. The smallest absolute Gasteiger partial charge is 0.0705 e. The van der Waals surface area contributed by atoms with E-state index in [1.165, 1.54) is 51.9 Å². The van der Waals surface area contributed by atoms with Crippen LogP contribution in [0.1, 0.15) is 32.1 Å². The molecule has 2 aliphatic heterocycles. The van der Waals surface area contributed by atoms with Gasteiger partial charge in [-0.3, -0.25) is 4.90 Å². The minimum absolute atomic E-state index is 0.235. The third-order valence-electron chi connectivity index (χ3n) is 4.52. The van der Waals surface area contributed by atoms with Gasteiger partial charge in [0.2, 0.25) is 0 Å². The highest BCUT2D eigenvalue weighted by atomic mass is 16.5. The van der Waals surface area contributed by atoms with E-state index in [1.54, 1.807) is 7.11 Å². The van der Waals surface area contributed by atoms with E-state index in [4.69, 9.17) is 10.5 Å². The van der Waals surface area contributed by atoms with Gasteiger partial charge in [-0.25, -0.2) is 0 Å². The van der Waals surface area contributed by atoms with Crippen LogP contribution in [0.15, 0.2) is 0 Å². The van der Waals surface area contributed by atoms with Crippen LogP contribution in [0.2, 0.25) is 0 Å². The lowest BCUT2D eigenvalue weighted by atomic mass is 10.1. The van der Waals surface area contributed by atoms with Crippen LogP contribution in [-0.2, 0) is 4.74 Å². The Hall–Kier alpha value is -0.160. The number of piperidine rings is 1. The van der Waals surface area contributed by atoms with Crippen LogP contribution in [0.4, 0.5) is 0 Å². The Kier molecular flexibility index (Phi) is 5.89. The van der Waals surface area contributed by atoms with E-state index in [9.17, 15) is 0 Å². The number of rotatable bonds is 6. The van der Waals surface area contributed by atoms with Gasteiger partial charge in [0, 0.05) is 32.8 Å². The first kappa shape index (κ1) is 14.3. The van der Waals surface area contributed by atoms with E-state index in [0.717, 1.165) is 19.0 Å². The molecule has 0 radical (unpaired) electrons. The molecule has 0 saturated carbocycles. The molecule has 0 aromatic rings. The molecule has 0 bridgehead atoms. The SMILES string of the molecule is COC(CN)CCN1CCC(N2CCCCC2)C1. The van der Waals surface area contributed by atoms with Gasteiger partial charge in [0.05, 0.1) is 6.10 Å². The van der Waals surface area contributed by atoms with Crippen molar-refractivity contribution in [1.29, 1.82) is 0 Å². The van der Waals surface area contributed by atoms with Crippen molar-refractivity contribution in [3.8, 4) is 0 Å². The van der Waals surface area contributed by atoms with E-state index in [0.29, 0.717) is 6.54 Å². The lowest BCUT2D eigenvalue weighted by Gasteiger charge is -2.32. The van der Waals surface area contributed by atoms with E-state index >= 15 is 0 Å². The topological polar surface area (TPSA) is 41.7 Å². The summed E-state index contributed by atoms with van der Waals surface area (Å²) in [4.78, 5) is 5.29. The van der Waals surface area contributed by atoms with Crippen molar-refractivity contribution < 1.29 is 4.74 Å². The molecule has 4 heteroatoms. The van der Waals surface area contributed by atoms with Gasteiger partial charge in [-0.05, 0) is 45.3 Å². The van der Waals surface area contributed by atoms with E-state index < -0.39 is 0 Å². The number of hydrogen-bond acceptors (Lipinski definition) is 4. The second-order valence-electron chi connectivity index (χ2n) is 5.72. The molecule has 2 aliphatic rings. The predicted octanol–water partition coefficient (Wildman–Crippen LogP) is 0.910. The fraction of sp³-hybridized carbons (Fsp3) is 1.00. The van der Waals surface area contributed by atoms with Crippen LogP contribution in [0.5, 0.6) is 0 Å². The lowest BCUT2D eigenvalue weighted by Crippen LogP contribution is -2.41. The van der Waals surface area contributed by atoms with Gasteiger partial charge in [0.25, 0.3) is 0 Å². The van der Waals surface area contributed by atoms with Crippen molar-refractivity contribution in [3.05, 3.63) is 0 Å². The fourth-order valence-electron chi connectivity index (χ4n) is 3.26. The van der Waals surface area contributed by atoms with Crippen LogP contribution in [0, 0.1) is 0 Å². The molecule has 2 saturated heterocycles. The molecule has 2 heterocycles. The molecule has 2 unspecified atom stereocenters. The Morgan fingerprint density at radius 1 is 1.22 bits per heavy atom. The average Bonchev–Trinajstić information content (AvgIpc) is 2.90. The summed E-state index contributed by atoms with van der Waals surface area (Å²) in [6, 6.07) is 0.809. The number of nitrogens with two attached hydrogens (primary N) is 1. The maximum absolute atomic E-state index is 5.66. The number of likely N-dealkylation sites (tertiary alicyclic amines) is 2. The number of ether oxygens (including phenoxy) is 1. The van der Waals surface area contributed by atoms with Gasteiger partial charge < -0.3 is 15.4 Å². The molecule has 0 aliphatic carbocycles. The molecule has 0 spiro atoms.